The molecule has 2 aliphatic rings. The van der Waals surface area contributed by atoms with Gasteiger partial charge in [-0.2, -0.15) is 0 Å². The minimum Gasteiger partial charge on any atom is -0.371 e. The van der Waals surface area contributed by atoms with Crippen molar-refractivity contribution in [3.05, 3.63) is 52.0 Å². The Morgan fingerprint density at radius 2 is 1.50 bits per heavy atom. The van der Waals surface area contributed by atoms with E-state index in [1.54, 1.807) is 24.3 Å². The molecule has 1 amide bonds. The number of piperazine rings is 1. The number of nitrogens with zero attached hydrogens (tertiary/aromatic N) is 3. The number of benzene rings is 2. The number of halogens is 2. The average Bonchev–Trinajstić information content (AvgIpc) is 2.80. The van der Waals surface area contributed by atoms with Crippen LogP contribution in [-0.2, 0) is 9.84 Å². The highest BCUT2D eigenvalue weighted by Crippen LogP contribution is 2.35. The highest BCUT2D eigenvalue weighted by Gasteiger charge is 2.30. The first-order valence-electron chi connectivity index (χ1n) is 11.5. The van der Waals surface area contributed by atoms with Gasteiger partial charge in [0.2, 0.25) is 0 Å². The zero-order valence-corrected chi connectivity index (χ0v) is 22.2. The van der Waals surface area contributed by atoms with Gasteiger partial charge >= 0.3 is 0 Å². The van der Waals surface area contributed by atoms with Crippen LogP contribution in [0.1, 0.15) is 37.0 Å². The van der Waals surface area contributed by atoms with E-state index in [9.17, 15) is 13.2 Å². The number of hydrogen-bond donors (Lipinski definition) is 0. The summed E-state index contributed by atoms with van der Waals surface area (Å²) in [6.45, 7) is 8.59. The number of carbonyl (C=O) groups is 1. The van der Waals surface area contributed by atoms with E-state index >= 15 is 0 Å². The Morgan fingerprint density at radius 3 is 2.09 bits per heavy atom. The summed E-state index contributed by atoms with van der Waals surface area (Å²) in [6, 6.07) is 10.5. The van der Waals surface area contributed by atoms with Crippen molar-refractivity contribution in [2.75, 3.05) is 55.3 Å². The fourth-order valence-electron chi connectivity index (χ4n) is 4.57. The number of anilines is 2. The molecule has 0 saturated carbocycles. The van der Waals surface area contributed by atoms with E-state index in [1.165, 1.54) is 6.26 Å². The summed E-state index contributed by atoms with van der Waals surface area (Å²) in [5, 5.41) is 1.02. The second-order valence-electron chi connectivity index (χ2n) is 9.98. The summed E-state index contributed by atoms with van der Waals surface area (Å²) in [4.78, 5) is 20.0. The van der Waals surface area contributed by atoms with Crippen molar-refractivity contribution < 1.29 is 13.2 Å². The molecule has 2 aliphatic heterocycles. The Labute approximate surface area is 212 Å². The Hall–Kier alpha value is -1.96. The minimum atomic E-state index is -3.43. The fourth-order valence-corrected chi connectivity index (χ4v) is 5.51. The number of piperidine rings is 1. The van der Waals surface area contributed by atoms with Crippen LogP contribution in [0.3, 0.4) is 0 Å². The lowest BCUT2D eigenvalue weighted by Gasteiger charge is -2.40. The van der Waals surface area contributed by atoms with E-state index in [4.69, 9.17) is 23.2 Å². The number of amides is 1. The molecule has 2 aromatic rings. The molecule has 0 N–H and O–H groups in total. The summed E-state index contributed by atoms with van der Waals surface area (Å²) in [6.07, 6.45) is 3.23. The summed E-state index contributed by atoms with van der Waals surface area (Å²) in [5.74, 6) is -0.126. The third kappa shape index (κ3) is 5.47. The van der Waals surface area contributed by atoms with Gasteiger partial charge in [0, 0.05) is 56.9 Å². The molecule has 0 spiro atoms. The molecular formula is C25H31Cl2N3O3S. The van der Waals surface area contributed by atoms with Crippen LogP contribution in [0.4, 0.5) is 11.4 Å². The first-order valence-corrected chi connectivity index (χ1v) is 14.2. The molecule has 0 bridgehead atoms. The summed E-state index contributed by atoms with van der Waals surface area (Å²) >= 11 is 12.2. The Balaban J connectivity index is 1.56. The van der Waals surface area contributed by atoms with Gasteiger partial charge in [0.15, 0.2) is 9.84 Å². The Morgan fingerprint density at radius 1 is 0.853 bits per heavy atom. The highest BCUT2D eigenvalue weighted by molar-refractivity contribution is 7.90. The predicted molar refractivity (Wildman–Crippen MR) is 139 cm³/mol. The normalized spacial score (nSPS) is 18.8. The zero-order valence-electron chi connectivity index (χ0n) is 19.9. The van der Waals surface area contributed by atoms with Crippen LogP contribution in [0.2, 0.25) is 10.0 Å². The molecule has 2 saturated heterocycles. The van der Waals surface area contributed by atoms with Gasteiger partial charge in [-0.1, -0.05) is 37.0 Å². The van der Waals surface area contributed by atoms with Crippen molar-refractivity contribution in [1.82, 2.24) is 4.90 Å². The molecular weight excluding hydrogens is 493 g/mol. The van der Waals surface area contributed by atoms with Crippen LogP contribution in [0.15, 0.2) is 41.3 Å². The lowest BCUT2D eigenvalue weighted by atomic mass is 9.82. The van der Waals surface area contributed by atoms with Gasteiger partial charge in [-0.15, -0.1) is 0 Å². The monoisotopic (exact) mass is 523 g/mol. The van der Waals surface area contributed by atoms with Gasteiger partial charge in [-0.05, 0) is 54.7 Å². The van der Waals surface area contributed by atoms with E-state index in [0.29, 0.717) is 41.8 Å². The largest absolute Gasteiger partial charge is 0.371 e. The van der Waals surface area contributed by atoms with Crippen molar-refractivity contribution in [1.29, 1.82) is 0 Å². The quantitative estimate of drug-likeness (QED) is 0.565. The van der Waals surface area contributed by atoms with Gasteiger partial charge in [-0.25, -0.2) is 8.42 Å². The smallest absolute Gasteiger partial charge is 0.256 e. The number of carbonyl (C=O) groups excluding carboxylic acids is 1. The fraction of sp³-hybridized carbons (Fsp3) is 0.480. The van der Waals surface area contributed by atoms with Crippen LogP contribution in [0.5, 0.6) is 0 Å². The van der Waals surface area contributed by atoms with E-state index in [1.807, 2.05) is 17.0 Å². The lowest BCUT2D eigenvalue weighted by Crippen LogP contribution is -2.49. The third-order valence-corrected chi connectivity index (χ3v) is 8.77. The summed E-state index contributed by atoms with van der Waals surface area (Å²) in [5.41, 5.74) is 2.52. The van der Waals surface area contributed by atoms with Crippen LogP contribution in [-0.4, -0.2) is 64.7 Å². The maximum Gasteiger partial charge on any atom is 0.256 e. The Kier molecular flexibility index (Phi) is 7.09. The topological polar surface area (TPSA) is 60.9 Å². The molecule has 0 atom stereocenters. The van der Waals surface area contributed by atoms with Crippen molar-refractivity contribution in [2.45, 2.75) is 31.6 Å². The van der Waals surface area contributed by atoms with Crippen LogP contribution in [0, 0.1) is 5.41 Å². The van der Waals surface area contributed by atoms with Crippen molar-refractivity contribution in [2.24, 2.45) is 5.41 Å². The minimum absolute atomic E-state index is 0.126. The molecule has 0 aliphatic carbocycles. The number of sulfone groups is 1. The van der Waals surface area contributed by atoms with Crippen LogP contribution >= 0.6 is 23.2 Å². The first kappa shape index (κ1) is 25.1. The van der Waals surface area contributed by atoms with Crippen molar-refractivity contribution in [3.63, 3.8) is 0 Å². The van der Waals surface area contributed by atoms with Crippen LogP contribution < -0.4 is 9.80 Å². The molecule has 2 aromatic carbocycles. The van der Waals surface area contributed by atoms with Gasteiger partial charge in [0.05, 0.1) is 20.5 Å². The molecule has 2 heterocycles. The molecule has 0 radical (unpaired) electrons. The molecule has 34 heavy (non-hydrogen) atoms. The first-order chi connectivity index (χ1) is 15.9. The van der Waals surface area contributed by atoms with E-state index in [0.717, 1.165) is 37.3 Å². The molecule has 2 fully saturated rings. The summed E-state index contributed by atoms with van der Waals surface area (Å²) < 4.78 is 24.5. The molecule has 0 unspecified atom stereocenters. The molecule has 6 nitrogen and oxygen atoms in total. The zero-order chi connectivity index (χ0) is 24.7. The van der Waals surface area contributed by atoms with Gasteiger partial charge < -0.3 is 14.7 Å². The van der Waals surface area contributed by atoms with Crippen molar-refractivity contribution in [3.8, 4) is 0 Å². The SMILES string of the molecule is CC1(C)CCN(c2ccc(S(C)(=O)=O)cc2C(=O)N2CCN(c3ccc(Cl)c(Cl)c3)CC2)CC1. The molecule has 4 rings (SSSR count). The van der Waals surface area contributed by atoms with E-state index < -0.39 is 9.84 Å². The van der Waals surface area contributed by atoms with Gasteiger partial charge in [-0.3, -0.25) is 4.79 Å². The van der Waals surface area contributed by atoms with E-state index in [-0.39, 0.29) is 16.2 Å². The van der Waals surface area contributed by atoms with Crippen molar-refractivity contribution >= 4 is 50.3 Å². The van der Waals surface area contributed by atoms with Crippen LogP contribution in [0.25, 0.3) is 0 Å². The maximum atomic E-state index is 13.7. The average molecular weight is 525 g/mol. The predicted octanol–water partition coefficient (Wildman–Crippen LogP) is 4.99. The number of rotatable bonds is 4. The Bertz CT molecular complexity index is 1180. The lowest BCUT2D eigenvalue weighted by molar-refractivity contribution is 0.0747. The van der Waals surface area contributed by atoms with Gasteiger partial charge in [0.1, 0.15) is 0 Å². The number of hydrogen-bond acceptors (Lipinski definition) is 5. The molecule has 9 heteroatoms. The second-order valence-corrected chi connectivity index (χ2v) is 12.8. The standard InChI is InChI=1S/C25H31Cl2N3O3S/c1-25(2)8-10-29(11-9-25)23-7-5-19(34(3,32)33)17-20(23)24(31)30-14-12-28(13-15-30)18-4-6-21(26)22(27)16-18/h4-7,16-17H,8-15H2,1-3H3. The van der Waals surface area contributed by atoms with Gasteiger partial charge in [0.25, 0.3) is 5.91 Å². The third-order valence-electron chi connectivity index (χ3n) is 6.92. The molecule has 184 valence electrons. The van der Waals surface area contributed by atoms with E-state index in [2.05, 4.69) is 23.6 Å². The second kappa shape index (κ2) is 9.59. The molecule has 0 aromatic heterocycles. The summed E-state index contributed by atoms with van der Waals surface area (Å²) in [7, 11) is -3.43. The maximum absolute atomic E-state index is 13.7. The highest BCUT2D eigenvalue weighted by atomic mass is 35.5.